The SMILES string of the molecule is CC(C)(C)Cc1ccn(CCc2ccccc2)n1. The van der Waals surface area contributed by atoms with E-state index in [4.69, 9.17) is 0 Å². The van der Waals surface area contributed by atoms with Crippen molar-refractivity contribution in [3.63, 3.8) is 0 Å². The number of aromatic nitrogens is 2. The zero-order valence-electron chi connectivity index (χ0n) is 11.6. The predicted octanol–water partition coefficient (Wildman–Crippen LogP) is 3.71. The highest BCUT2D eigenvalue weighted by Crippen LogP contribution is 2.19. The van der Waals surface area contributed by atoms with E-state index >= 15 is 0 Å². The van der Waals surface area contributed by atoms with Gasteiger partial charge >= 0.3 is 0 Å². The van der Waals surface area contributed by atoms with Gasteiger partial charge in [-0.15, -0.1) is 0 Å². The number of hydrogen-bond donors (Lipinski definition) is 0. The van der Waals surface area contributed by atoms with Crippen molar-refractivity contribution >= 4 is 0 Å². The Hall–Kier alpha value is -1.57. The molecule has 2 rings (SSSR count). The molecule has 0 aliphatic rings. The van der Waals surface area contributed by atoms with Gasteiger partial charge in [0.25, 0.3) is 0 Å². The van der Waals surface area contributed by atoms with Gasteiger partial charge in [0.2, 0.25) is 0 Å². The molecule has 2 aromatic rings. The molecule has 0 saturated carbocycles. The van der Waals surface area contributed by atoms with E-state index < -0.39 is 0 Å². The van der Waals surface area contributed by atoms with E-state index in [9.17, 15) is 0 Å². The van der Waals surface area contributed by atoms with Crippen LogP contribution in [0.5, 0.6) is 0 Å². The number of benzene rings is 1. The second kappa shape index (κ2) is 5.38. The van der Waals surface area contributed by atoms with Gasteiger partial charge < -0.3 is 0 Å². The number of hydrogen-bond acceptors (Lipinski definition) is 1. The summed E-state index contributed by atoms with van der Waals surface area (Å²) in [5, 5.41) is 4.63. The molecule has 0 saturated heterocycles. The Balaban J connectivity index is 1.91. The van der Waals surface area contributed by atoms with Gasteiger partial charge in [0.15, 0.2) is 0 Å². The maximum Gasteiger partial charge on any atom is 0.0629 e. The summed E-state index contributed by atoms with van der Waals surface area (Å²) < 4.78 is 2.05. The first-order chi connectivity index (χ1) is 8.53. The normalized spacial score (nSPS) is 11.7. The molecule has 0 amide bonds. The fraction of sp³-hybridized carbons (Fsp3) is 0.438. The molecule has 2 nitrogen and oxygen atoms in total. The molecule has 1 aromatic heterocycles. The van der Waals surface area contributed by atoms with Crippen LogP contribution in [-0.4, -0.2) is 9.78 Å². The average molecular weight is 242 g/mol. The molecule has 0 atom stereocenters. The maximum atomic E-state index is 4.63. The van der Waals surface area contributed by atoms with Crippen LogP contribution in [0.4, 0.5) is 0 Å². The van der Waals surface area contributed by atoms with Crippen molar-refractivity contribution in [3.8, 4) is 0 Å². The van der Waals surface area contributed by atoms with E-state index in [0.717, 1.165) is 19.4 Å². The van der Waals surface area contributed by atoms with Crippen LogP contribution in [0.1, 0.15) is 32.0 Å². The molecular formula is C16H22N2. The standard InChI is InChI=1S/C16H22N2/c1-16(2,3)13-15-10-12-18(17-15)11-9-14-7-5-4-6-8-14/h4-8,10,12H,9,11,13H2,1-3H3. The fourth-order valence-electron chi connectivity index (χ4n) is 2.05. The Morgan fingerprint density at radius 1 is 1.06 bits per heavy atom. The van der Waals surface area contributed by atoms with Crippen LogP contribution in [0.15, 0.2) is 42.6 Å². The summed E-state index contributed by atoms with van der Waals surface area (Å²) in [5.74, 6) is 0. The second-order valence-corrected chi connectivity index (χ2v) is 6.04. The van der Waals surface area contributed by atoms with Gasteiger partial charge in [-0.3, -0.25) is 4.68 Å². The monoisotopic (exact) mass is 242 g/mol. The Kier molecular flexibility index (Phi) is 3.85. The van der Waals surface area contributed by atoms with Crippen molar-refractivity contribution in [1.29, 1.82) is 0 Å². The summed E-state index contributed by atoms with van der Waals surface area (Å²) >= 11 is 0. The third kappa shape index (κ3) is 4.02. The Morgan fingerprint density at radius 2 is 1.78 bits per heavy atom. The van der Waals surface area contributed by atoms with E-state index in [1.54, 1.807) is 0 Å². The summed E-state index contributed by atoms with van der Waals surface area (Å²) in [7, 11) is 0. The molecule has 0 radical (unpaired) electrons. The first-order valence-electron chi connectivity index (χ1n) is 6.59. The van der Waals surface area contributed by atoms with Crippen LogP contribution in [0, 0.1) is 5.41 Å². The van der Waals surface area contributed by atoms with Crippen molar-refractivity contribution in [3.05, 3.63) is 53.9 Å². The van der Waals surface area contributed by atoms with Crippen LogP contribution >= 0.6 is 0 Å². The summed E-state index contributed by atoms with van der Waals surface area (Å²) in [6.45, 7) is 7.69. The molecule has 0 unspecified atom stereocenters. The smallest absolute Gasteiger partial charge is 0.0629 e. The van der Waals surface area contributed by atoms with Gasteiger partial charge in [-0.25, -0.2) is 0 Å². The second-order valence-electron chi connectivity index (χ2n) is 6.04. The van der Waals surface area contributed by atoms with Crippen molar-refractivity contribution in [1.82, 2.24) is 9.78 Å². The lowest BCUT2D eigenvalue weighted by molar-refractivity contribution is 0.403. The van der Waals surface area contributed by atoms with Crippen molar-refractivity contribution < 1.29 is 0 Å². The first-order valence-corrected chi connectivity index (χ1v) is 6.59. The molecule has 0 spiro atoms. The molecule has 0 aliphatic heterocycles. The maximum absolute atomic E-state index is 4.63. The zero-order valence-corrected chi connectivity index (χ0v) is 11.6. The van der Waals surface area contributed by atoms with Crippen LogP contribution in [0.25, 0.3) is 0 Å². The van der Waals surface area contributed by atoms with E-state index in [0.29, 0.717) is 5.41 Å². The minimum absolute atomic E-state index is 0.304. The molecular weight excluding hydrogens is 220 g/mol. The van der Waals surface area contributed by atoms with Crippen LogP contribution in [0.2, 0.25) is 0 Å². The molecule has 0 aliphatic carbocycles. The lowest BCUT2D eigenvalue weighted by atomic mass is 9.91. The third-order valence-corrected chi connectivity index (χ3v) is 2.88. The zero-order chi connectivity index (χ0) is 13.0. The van der Waals surface area contributed by atoms with Gasteiger partial charge in [0, 0.05) is 12.7 Å². The van der Waals surface area contributed by atoms with Crippen LogP contribution in [-0.2, 0) is 19.4 Å². The first kappa shape index (κ1) is 12.9. The number of aryl methyl sites for hydroxylation is 2. The fourth-order valence-corrected chi connectivity index (χ4v) is 2.05. The van der Waals surface area contributed by atoms with Gasteiger partial charge in [-0.05, 0) is 29.9 Å². The van der Waals surface area contributed by atoms with E-state index in [1.807, 2.05) is 4.68 Å². The molecule has 1 heterocycles. The highest BCUT2D eigenvalue weighted by Gasteiger charge is 2.12. The minimum Gasteiger partial charge on any atom is -0.272 e. The molecule has 0 bridgehead atoms. The number of rotatable bonds is 4. The largest absolute Gasteiger partial charge is 0.272 e. The lowest BCUT2D eigenvalue weighted by Crippen LogP contribution is -2.10. The molecule has 96 valence electrons. The van der Waals surface area contributed by atoms with Gasteiger partial charge in [0.1, 0.15) is 0 Å². The average Bonchev–Trinajstić information content (AvgIpc) is 2.73. The van der Waals surface area contributed by atoms with Gasteiger partial charge in [0.05, 0.1) is 5.69 Å². The molecule has 0 N–H and O–H groups in total. The highest BCUT2D eigenvalue weighted by atomic mass is 15.3. The van der Waals surface area contributed by atoms with Crippen LogP contribution in [0.3, 0.4) is 0 Å². The van der Waals surface area contributed by atoms with E-state index in [2.05, 4.69) is 68.5 Å². The summed E-state index contributed by atoms with van der Waals surface area (Å²) in [5.41, 5.74) is 2.86. The Labute approximate surface area is 110 Å². The highest BCUT2D eigenvalue weighted by molar-refractivity contribution is 5.14. The predicted molar refractivity (Wildman–Crippen MR) is 75.5 cm³/mol. The lowest BCUT2D eigenvalue weighted by Gasteiger charge is -2.15. The third-order valence-electron chi connectivity index (χ3n) is 2.88. The van der Waals surface area contributed by atoms with Gasteiger partial charge in [-0.2, -0.15) is 5.10 Å². The molecule has 0 fully saturated rings. The van der Waals surface area contributed by atoms with Gasteiger partial charge in [-0.1, -0.05) is 51.1 Å². The Morgan fingerprint density at radius 3 is 2.44 bits per heavy atom. The summed E-state index contributed by atoms with van der Waals surface area (Å²) in [4.78, 5) is 0. The summed E-state index contributed by atoms with van der Waals surface area (Å²) in [6.07, 6.45) is 4.16. The molecule has 18 heavy (non-hydrogen) atoms. The van der Waals surface area contributed by atoms with E-state index in [1.165, 1.54) is 11.3 Å². The van der Waals surface area contributed by atoms with E-state index in [-0.39, 0.29) is 0 Å². The molecule has 2 heteroatoms. The molecule has 1 aromatic carbocycles. The minimum atomic E-state index is 0.304. The van der Waals surface area contributed by atoms with Crippen LogP contribution < -0.4 is 0 Å². The van der Waals surface area contributed by atoms with Crippen molar-refractivity contribution in [2.45, 2.75) is 40.2 Å². The summed E-state index contributed by atoms with van der Waals surface area (Å²) in [6, 6.07) is 12.7. The Bertz CT molecular complexity index is 477. The van der Waals surface area contributed by atoms with Crippen molar-refractivity contribution in [2.24, 2.45) is 5.41 Å². The van der Waals surface area contributed by atoms with Crippen molar-refractivity contribution in [2.75, 3.05) is 0 Å². The quantitative estimate of drug-likeness (QED) is 0.799. The topological polar surface area (TPSA) is 17.8 Å². The number of nitrogens with zero attached hydrogens (tertiary/aromatic N) is 2.